The van der Waals surface area contributed by atoms with E-state index >= 15 is 0 Å². The van der Waals surface area contributed by atoms with Crippen LogP contribution in [0.4, 0.5) is 5.82 Å². The second-order valence-corrected chi connectivity index (χ2v) is 4.52. The monoisotopic (exact) mass is 273 g/mol. The van der Waals surface area contributed by atoms with Crippen molar-refractivity contribution >= 4 is 18.4 Å². The Morgan fingerprint density at radius 3 is 2.85 bits per heavy atom. The van der Waals surface area contributed by atoms with Gasteiger partial charge in [0.05, 0.1) is 6.26 Å². The zero-order valence-electron chi connectivity index (χ0n) is 10.4. The van der Waals surface area contributed by atoms with Gasteiger partial charge >= 0.3 is 5.69 Å². The molecule has 3 rings (SSSR count). The van der Waals surface area contributed by atoms with E-state index in [9.17, 15) is 14.4 Å². The maximum Gasteiger partial charge on any atom is 0.346 e. The van der Waals surface area contributed by atoms with Crippen LogP contribution in [0.25, 0.3) is 0 Å². The highest BCUT2D eigenvalue weighted by molar-refractivity contribution is 5.83. The Labute approximate surface area is 113 Å². The minimum Gasteiger partial charge on any atom is -0.477 e. The molecule has 2 atom stereocenters. The molecule has 1 N–H and O–H groups in total. The van der Waals surface area contributed by atoms with Crippen molar-refractivity contribution < 1.29 is 14.3 Å². The van der Waals surface area contributed by atoms with Crippen molar-refractivity contribution in [3.05, 3.63) is 46.4 Å². The maximum absolute atomic E-state index is 11.3. The van der Waals surface area contributed by atoms with Gasteiger partial charge in [0.15, 0.2) is 6.23 Å². The van der Waals surface area contributed by atoms with E-state index in [-0.39, 0.29) is 12.1 Å². The van der Waals surface area contributed by atoms with Gasteiger partial charge in [-0.15, -0.1) is 0 Å². The van der Waals surface area contributed by atoms with Crippen LogP contribution >= 0.6 is 0 Å². The molecular formula is C13H11N3O4. The van der Waals surface area contributed by atoms with Gasteiger partial charge in [-0.25, -0.2) is 4.79 Å². The summed E-state index contributed by atoms with van der Waals surface area (Å²) in [7, 11) is 0. The third-order valence-electron chi connectivity index (χ3n) is 3.39. The van der Waals surface area contributed by atoms with Crippen molar-refractivity contribution in [1.82, 2.24) is 9.97 Å². The van der Waals surface area contributed by atoms with Crippen molar-refractivity contribution in [1.29, 1.82) is 0 Å². The molecule has 2 aliphatic heterocycles. The van der Waals surface area contributed by atoms with Crippen LogP contribution in [0.15, 0.2) is 40.7 Å². The summed E-state index contributed by atoms with van der Waals surface area (Å²) in [5.41, 5.74) is 0.425. The first-order chi connectivity index (χ1) is 9.72. The average Bonchev–Trinajstić information content (AvgIpc) is 2.48. The first-order valence-corrected chi connectivity index (χ1v) is 6.04. The summed E-state index contributed by atoms with van der Waals surface area (Å²) in [5, 5.41) is 0. The van der Waals surface area contributed by atoms with E-state index in [4.69, 9.17) is 4.74 Å². The highest BCUT2D eigenvalue weighted by Crippen LogP contribution is 2.36. The lowest BCUT2D eigenvalue weighted by atomic mass is 9.85. The number of carbonyl (C=O) groups is 2. The Morgan fingerprint density at radius 2 is 2.15 bits per heavy atom. The standard InChI is InChI=1S/C13H11N3O4/c17-5-8-4-16(11-1-2-14-13(19)15-11)12-3-10(8)9(6-18)7-20-12/h1-2,4-7,10,12H,3H2,(H,14,15,19). The lowest BCUT2D eigenvalue weighted by molar-refractivity contribution is -0.106. The minimum atomic E-state index is -0.481. The SMILES string of the molecule is O=CC1=COC2CC1C(C=O)=CN2c1cc[nH]c(=O)n1. The number of hydrogen-bond donors (Lipinski definition) is 1. The third kappa shape index (κ3) is 1.93. The van der Waals surface area contributed by atoms with Gasteiger partial charge in [0.1, 0.15) is 18.4 Å². The lowest BCUT2D eigenvalue weighted by Gasteiger charge is -2.39. The van der Waals surface area contributed by atoms with Gasteiger partial charge in [-0.1, -0.05) is 0 Å². The third-order valence-corrected chi connectivity index (χ3v) is 3.39. The molecule has 7 nitrogen and oxygen atoms in total. The van der Waals surface area contributed by atoms with Gasteiger partial charge in [-0.3, -0.25) is 14.5 Å². The van der Waals surface area contributed by atoms with Crippen molar-refractivity contribution in [2.75, 3.05) is 4.90 Å². The van der Waals surface area contributed by atoms with E-state index in [0.717, 1.165) is 0 Å². The van der Waals surface area contributed by atoms with Crippen LogP contribution in [0.1, 0.15) is 6.42 Å². The van der Waals surface area contributed by atoms with Crippen molar-refractivity contribution in [2.24, 2.45) is 5.92 Å². The molecule has 1 aromatic heterocycles. The normalized spacial score (nSPS) is 24.3. The van der Waals surface area contributed by atoms with Crippen LogP contribution in [-0.2, 0) is 14.3 Å². The molecule has 2 bridgehead atoms. The minimum absolute atomic E-state index is 0.262. The molecule has 3 heterocycles. The van der Waals surface area contributed by atoms with Gasteiger partial charge in [0.2, 0.25) is 0 Å². The molecule has 7 heteroatoms. The molecule has 0 saturated heterocycles. The second-order valence-electron chi connectivity index (χ2n) is 4.52. The van der Waals surface area contributed by atoms with Crippen LogP contribution in [0.5, 0.6) is 0 Å². The molecular weight excluding hydrogens is 262 g/mol. The fourth-order valence-electron chi connectivity index (χ4n) is 2.41. The predicted octanol–water partition coefficient (Wildman–Crippen LogP) is 0.118. The Morgan fingerprint density at radius 1 is 1.35 bits per heavy atom. The van der Waals surface area contributed by atoms with Gasteiger partial charge in [-0.05, 0) is 6.07 Å². The number of hydrogen-bond acceptors (Lipinski definition) is 6. The van der Waals surface area contributed by atoms with Crippen molar-refractivity contribution in [2.45, 2.75) is 12.6 Å². The predicted molar refractivity (Wildman–Crippen MR) is 68.6 cm³/mol. The molecule has 102 valence electrons. The quantitative estimate of drug-likeness (QED) is 0.786. The number of allylic oxidation sites excluding steroid dienone is 2. The van der Waals surface area contributed by atoms with E-state index < -0.39 is 5.69 Å². The number of aldehydes is 2. The zero-order chi connectivity index (χ0) is 14.1. The first kappa shape index (κ1) is 12.3. The smallest absolute Gasteiger partial charge is 0.346 e. The summed E-state index contributed by atoms with van der Waals surface area (Å²) in [6.07, 6.45) is 5.89. The summed E-state index contributed by atoms with van der Waals surface area (Å²) >= 11 is 0. The summed E-state index contributed by atoms with van der Waals surface area (Å²) in [6, 6.07) is 1.61. The van der Waals surface area contributed by atoms with Crippen LogP contribution in [0, 0.1) is 5.92 Å². The molecule has 2 unspecified atom stereocenters. The maximum atomic E-state index is 11.3. The largest absolute Gasteiger partial charge is 0.477 e. The number of anilines is 1. The van der Waals surface area contributed by atoms with Gasteiger partial charge in [0, 0.05) is 35.9 Å². The number of nitrogens with one attached hydrogen (secondary N) is 1. The van der Waals surface area contributed by atoms with E-state index in [2.05, 4.69) is 9.97 Å². The summed E-state index contributed by atoms with van der Waals surface area (Å²) in [5.74, 6) is 0.126. The van der Waals surface area contributed by atoms with Crippen LogP contribution in [-0.4, -0.2) is 28.8 Å². The molecule has 0 saturated carbocycles. The van der Waals surface area contributed by atoms with Crippen LogP contribution in [0.2, 0.25) is 0 Å². The fraction of sp³-hybridized carbons (Fsp3) is 0.231. The highest BCUT2D eigenvalue weighted by atomic mass is 16.5. The van der Waals surface area contributed by atoms with Crippen LogP contribution < -0.4 is 10.6 Å². The molecule has 20 heavy (non-hydrogen) atoms. The van der Waals surface area contributed by atoms with Gasteiger partial charge < -0.3 is 9.72 Å². The van der Waals surface area contributed by atoms with E-state index in [1.165, 1.54) is 12.5 Å². The van der Waals surface area contributed by atoms with Crippen molar-refractivity contribution in [3.8, 4) is 0 Å². The Kier molecular flexibility index (Phi) is 2.94. The number of aromatic amines is 1. The number of H-pyrrole nitrogens is 1. The Hall–Kier alpha value is -2.70. The number of carbonyl (C=O) groups excluding carboxylic acids is 2. The van der Waals surface area contributed by atoms with Gasteiger partial charge in [0.25, 0.3) is 0 Å². The molecule has 0 aromatic carbocycles. The molecule has 1 aromatic rings. The molecule has 0 radical (unpaired) electrons. The van der Waals surface area contributed by atoms with Crippen molar-refractivity contribution in [3.63, 3.8) is 0 Å². The second kappa shape index (κ2) is 4.76. The molecule has 2 aliphatic rings. The molecule has 0 aliphatic carbocycles. The fourth-order valence-corrected chi connectivity index (χ4v) is 2.41. The molecule has 0 amide bonds. The topological polar surface area (TPSA) is 92.4 Å². The number of ether oxygens (including phenoxy) is 1. The molecule has 0 spiro atoms. The Bertz CT molecular complexity index is 676. The van der Waals surface area contributed by atoms with Gasteiger partial charge in [-0.2, -0.15) is 4.98 Å². The summed E-state index contributed by atoms with van der Waals surface area (Å²) in [4.78, 5) is 41.3. The number of nitrogens with zero attached hydrogens (tertiary/aromatic N) is 2. The zero-order valence-corrected chi connectivity index (χ0v) is 10.4. The van der Waals surface area contributed by atoms with E-state index in [1.54, 1.807) is 17.2 Å². The molecule has 0 fully saturated rings. The highest BCUT2D eigenvalue weighted by Gasteiger charge is 2.36. The van der Waals surface area contributed by atoms with E-state index in [0.29, 0.717) is 36.0 Å². The Balaban J connectivity index is 2.03. The first-order valence-electron chi connectivity index (χ1n) is 6.04. The number of fused-ring (bicyclic) bond motifs is 2. The number of aromatic nitrogens is 2. The number of rotatable bonds is 3. The average molecular weight is 273 g/mol. The summed E-state index contributed by atoms with van der Waals surface area (Å²) in [6.45, 7) is 0. The van der Waals surface area contributed by atoms with E-state index in [1.807, 2.05) is 0 Å². The summed E-state index contributed by atoms with van der Waals surface area (Å²) < 4.78 is 5.47. The van der Waals surface area contributed by atoms with Crippen LogP contribution in [0.3, 0.4) is 0 Å². The lowest BCUT2D eigenvalue weighted by Crippen LogP contribution is -2.42.